The van der Waals surface area contributed by atoms with E-state index in [0.29, 0.717) is 23.0 Å². The predicted octanol–water partition coefficient (Wildman–Crippen LogP) is 1.64. The summed E-state index contributed by atoms with van der Waals surface area (Å²) in [7, 11) is 0. The number of hydrogen-bond acceptors (Lipinski definition) is 5. The van der Waals surface area contributed by atoms with Gasteiger partial charge in [0.15, 0.2) is 5.11 Å². The van der Waals surface area contributed by atoms with E-state index in [9.17, 15) is 9.90 Å². The average Bonchev–Trinajstić information content (AvgIpc) is 2.87. The maximum absolute atomic E-state index is 12.2. The highest BCUT2D eigenvalue weighted by Crippen LogP contribution is 2.18. The summed E-state index contributed by atoms with van der Waals surface area (Å²) in [4.78, 5) is 13.5. The summed E-state index contributed by atoms with van der Waals surface area (Å²) in [5, 5.41) is 17.6. The van der Waals surface area contributed by atoms with E-state index in [1.165, 1.54) is 10.4 Å². The highest BCUT2D eigenvalue weighted by molar-refractivity contribution is 7.80. The molecule has 0 amide bonds. The molecule has 0 radical (unpaired) electrons. The first kappa shape index (κ1) is 16.9. The fraction of sp³-hybridized carbons (Fsp3) is 0.467. The van der Waals surface area contributed by atoms with Crippen LogP contribution in [0.2, 0.25) is 0 Å². The van der Waals surface area contributed by atoms with Crippen molar-refractivity contribution in [1.29, 1.82) is 0 Å². The molecular formula is C15H20N2O3S2. The number of carbonyl (C=O) groups excluding carboxylic acids is 1. The monoisotopic (exact) mass is 340 g/mol. The molecule has 0 aromatic carbocycles. The van der Waals surface area contributed by atoms with E-state index < -0.39 is 12.0 Å². The van der Waals surface area contributed by atoms with E-state index >= 15 is 0 Å². The molecule has 1 aromatic rings. The summed E-state index contributed by atoms with van der Waals surface area (Å²) >= 11 is 6.74. The van der Waals surface area contributed by atoms with Crippen LogP contribution in [0.4, 0.5) is 0 Å². The molecule has 0 bridgehead atoms. The van der Waals surface area contributed by atoms with E-state index in [-0.39, 0.29) is 6.61 Å². The third-order valence-electron chi connectivity index (χ3n) is 3.51. The molecule has 7 heteroatoms. The zero-order valence-corrected chi connectivity index (χ0v) is 14.3. The molecule has 22 heavy (non-hydrogen) atoms. The van der Waals surface area contributed by atoms with E-state index in [1.807, 2.05) is 0 Å². The van der Waals surface area contributed by atoms with Crippen molar-refractivity contribution >= 4 is 34.6 Å². The van der Waals surface area contributed by atoms with Gasteiger partial charge in [0.1, 0.15) is 0 Å². The van der Waals surface area contributed by atoms with Gasteiger partial charge in [-0.3, -0.25) is 0 Å². The number of thiocarbonyl (C=S) groups is 1. The Morgan fingerprint density at radius 1 is 1.50 bits per heavy atom. The molecule has 0 aliphatic carbocycles. The summed E-state index contributed by atoms with van der Waals surface area (Å²) in [6.07, 6.45) is 1.68. The molecule has 1 aliphatic heterocycles. The topological polar surface area (TPSA) is 70.6 Å². The molecule has 120 valence electrons. The number of esters is 1. The molecule has 1 atom stereocenters. The Morgan fingerprint density at radius 3 is 2.91 bits per heavy atom. The molecule has 3 N–H and O–H groups in total. The molecule has 0 fully saturated rings. The maximum Gasteiger partial charge on any atom is 0.337 e. The van der Waals surface area contributed by atoms with Gasteiger partial charge in [0.25, 0.3) is 0 Å². The van der Waals surface area contributed by atoms with E-state index in [1.54, 1.807) is 18.3 Å². The average molecular weight is 340 g/mol. The first-order chi connectivity index (χ1) is 10.5. The molecule has 0 saturated heterocycles. The Balaban J connectivity index is 1.87. The van der Waals surface area contributed by atoms with Gasteiger partial charge < -0.3 is 20.5 Å². The standard InChI is InChI=1S/C15H20N2O3S2/c1-9-5-7-22-12(9)4-3-6-20-14(19)13-10(2)16-15(21)17-11(13)8-18/h5,7,11,18H,3-4,6,8H2,1-2H3,(H2,16,17,21). The molecule has 2 heterocycles. The predicted molar refractivity (Wildman–Crippen MR) is 90.8 cm³/mol. The zero-order valence-electron chi connectivity index (χ0n) is 12.6. The van der Waals surface area contributed by atoms with Crippen molar-refractivity contribution in [3.63, 3.8) is 0 Å². The van der Waals surface area contributed by atoms with Crippen LogP contribution in [-0.4, -0.2) is 35.4 Å². The van der Waals surface area contributed by atoms with Gasteiger partial charge in [0, 0.05) is 10.6 Å². The Bertz CT molecular complexity index is 595. The quantitative estimate of drug-likeness (QED) is 0.415. The van der Waals surface area contributed by atoms with Gasteiger partial charge >= 0.3 is 5.97 Å². The van der Waals surface area contributed by atoms with E-state index in [0.717, 1.165) is 12.8 Å². The van der Waals surface area contributed by atoms with Gasteiger partial charge in [-0.2, -0.15) is 0 Å². The fourth-order valence-corrected chi connectivity index (χ4v) is 3.58. The Hall–Kier alpha value is -1.44. The van der Waals surface area contributed by atoms with Crippen LogP contribution in [0.25, 0.3) is 0 Å². The second-order valence-corrected chi connectivity index (χ2v) is 6.55. The zero-order chi connectivity index (χ0) is 16.1. The van der Waals surface area contributed by atoms with Crippen molar-refractivity contribution in [2.24, 2.45) is 0 Å². The van der Waals surface area contributed by atoms with Crippen molar-refractivity contribution in [3.05, 3.63) is 33.2 Å². The van der Waals surface area contributed by atoms with Gasteiger partial charge in [0.2, 0.25) is 0 Å². The molecule has 0 saturated carbocycles. The molecule has 1 aliphatic rings. The first-order valence-electron chi connectivity index (χ1n) is 7.12. The van der Waals surface area contributed by atoms with Crippen molar-refractivity contribution in [3.8, 4) is 0 Å². The van der Waals surface area contributed by atoms with Crippen molar-refractivity contribution in [2.75, 3.05) is 13.2 Å². The second-order valence-electron chi connectivity index (χ2n) is 5.14. The molecule has 2 rings (SSSR count). The lowest BCUT2D eigenvalue weighted by molar-refractivity contribution is -0.139. The first-order valence-corrected chi connectivity index (χ1v) is 8.41. The van der Waals surface area contributed by atoms with Crippen LogP contribution in [0.3, 0.4) is 0 Å². The number of aliphatic hydroxyl groups is 1. The molecule has 5 nitrogen and oxygen atoms in total. The lowest BCUT2D eigenvalue weighted by Gasteiger charge is -2.28. The Kier molecular flexibility index (Phi) is 5.93. The normalized spacial score (nSPS) is 18.0. The van der Waals surface area contributed by atoms with Crippen LogP contribution in [0.1, 0.15) is 23.8 Å². The minimum absolute atomic E-state index is 0.210. The Morgan fingerprint density at radius 2 is 2.27 bits per heavy atom. The number of nitrogens with one attached hydrogen (secondary N) is 2. The number of carbonyl (C=O) groups is 1. The van der Waals surface area contributed by atoms with Crippen LogP contribution in [-0.2, 0) is 16.0 Å². The van der Waals surface area contributed by atoms with Crippen molar-refractivity contribution in [1.82, 2.24) is 10.6 Å². The molecule has 0 spiro atoms. The lowest BCUT2D eigenvalue weighted by atomic mass is 10.0. The molecular weight excluding hydrogens is 320 g/mol. The highest BCUT2D eigenvalue weighted by atomic mass is 32.1. The van der Waals surface area contributed by atoms with Gasteiger partial charge in [-0.15, -0.1) is 11.3 Å². The minimum atomic E-state index is -0.513. The smallest absolute Gasteiger partial charge is 0.337 e. The number of rotatable bonds is 6. The second kappa shape index (κ2) is 7.71. The summed E-state index contributed by atoms with van der Waals surface area (Å²) < 4.78 is 5.33. The summed E-state index contributed by atoms with van der Waals surface area (Å²) in [6, 6.07) is 1.58. The summed E-state index contributed by atoms with van der Waals surface area (Å²) in [5.74, 6) is -0.415. The van der Waals surface area contributed by atoms with Crippen LogP contribution >= 0.6 is 23.6 Å². The fourth-order valence-electron chi connectivity index (χ4n) is 2.33. The molecule has 1 unspecified atom stereocenters. The third-order valence-corrected chi connectivity index (χ3v) is 4.81. The van der Waals surface area contributed by atoms with Crippen molar-refractivity contribution < 1.29 is 14.6 Å². The summed E-state index contributed by atoms with van der Waals surface area (Å²) in [6.45, 7) is 3.98. The largest absolute Gasteiger partial charge is 0.462 e. The highest BCUT2D eigenvalue weighted by Gasteiger charge is 2.28. The van der Waals surface area contributed by atoms with Crippen LogP contribution in [0.5, 0.6) is 0 Å². The van der Waals surface area contributed by atoms with Gasteiger partial charge in [-0.1, -0.05) is 0 Å². The molecule has 1 aromatic heterocycles. The maximum atomic E-state index is 12.2. The lowest BCUT2D eigenvalue weighted by Crippen LogP contribution is -2.51. The SMILES string of the molecule is CC1=C(C(=O)OCCCc2sccc2C)C(CO)NC(=S)N1. The third kappa shape index (κ3) is 4.06. The van der Waals surface area contributed by atoms with Crippen LogP contribution < -0.4 is 10.6 Å². The summed E-state index contributed by atoms with van der Waals surface area (Å²) in [5.41, 5.74) is 2.31. The van der Waals surface area contributed by atoms with Crippen LogP contribution in [0, 0.1) is 6.92 Å². The van der Waals surface area contributed by atoms with Gasteiger partial charge in [-0.05, 0) is 55.9 Å². The number of hydrogen-bond donors (Lipinski definition) is 3. The number of thiophene rings is 1. The number of allylic oxidation sites excluding steroid dienone is 1. The van der Waals surface area contributed by atoms with E-state index in [4.69, 9.17) is 17.0 Å². The Labute approximate surface area is 139 Å². The number of ether oxygens (including phenoxy) is 1. The van der Waals surface area contributed by atoms with Gasteiger partial charge in [0.05, 0.1) is 24.8 Å². The minimum Gasteiger partial charge on any atom is -0.462 e. The van der Waals surface area contributed by atoms with Crippen LogP contribution in [0.15, 0.2) is 22.7 Å². The number of aliphatic hydroxyl groups excluding tert-OH is 1. The van der Waals surface area contributed by atoms with Crippen molar-refractivity contribution in [2.45, 2.75) is 32.7 Å². The van der Waals surface area contributed by atoms with Gasteiger partial charge in [-0.25, -0.2) is 4.79 Å². The number of aryl methyl sites for hydroxylation is 2. The van der Waals surface area contributed by atoms with E-state index in [2.05, 4.69) is 29.0 Å².